The largest absolute Gasteiger partial charge is 0.357 e. The highest BCUT2D eigenvalue weighted by molar-refractivity contribution is 8.00. The summed E-state index contributed by atoms with van der Waals surface area (Å²) in [7, 11) is 3.89. The van der Waals surface area contributed by atoms with E-state index < -0.39 is 0 Å². The summed E-state index contributed by atoms with van der Waals surface area (Å²) in [5, 5.41) is 11.4. The lowest BCUT2D eigenvalue weighted by Crippen LogP contribution is -2.19. The van der Waals surface area contributed by atoms with Crippen LogP contribution < -0.4 is 5.32 Å². The van der Waals surface area contributed by atoms with Crippen LogP contribution in [0.2, 0.25) is 0 Å². The summed E-state index contributed by atoms with van der Waals surface area (Å²) in [6, 6.07) is 0. The van der Waals surface area contributed by atoms with Crippen LogP contribution in [0.5, 0.6) is 0 Å². The van der Waals surface area contributed by atoms with E-state index in [-0.39, 0.29) is 4.75 Å². The number of anilines is 1. The minimum atomic E-state index is 0.164. The van der Waals surface area contributed by atoms with Gasteiger partial charge < -0.3 is 5.32 Å². The highest BCUT2D eigenvalue weighted by Gasteiger charge is 2.36. The van der Waals surface area contributed by atoms with Crippen LogP contribution in [-0.4, -0.2) is 27.6 Å². The Balaban J connectivity index is 2.35. The molecule has 0 saturated carbocycles. The van der Waals surface area contributed by atoms with Crippen LogP contribution in [0.15, 0.2) is 0 Å². The van der Waals surface area contributed by atoms with Gasteiger partial charge in [-0.05, 0) is 25.5 Å². The van der Waals surface area contributed by atoms with E-state index >= 15 is 0 Å². The van der Waals surface area contributed by atoms with Gasteiger partial charge in [0.2, 0.25) is 5.95 Å². The summed E-state index contributed by atoms with van der Waals surface area (Å²) in [5.74, 6) is 3.16. The van der Waals surface area contributed by atoms with Gasteiger partial charge in [-0.2, -0.15) is 0 Å². The van der Waals surface area contributed by atoms with Crippen LogP contribution in [0.25, 0.3) is 0 Å². The topological polar surface area (TPSA) is 42.7 Å². The molecule has 1 aromatic rings. The first-order valence-electron chi connectivity index (χ1n) is 4.89. The monoisotopic (exact) mass is 212 g/mol. The number of nitrogens with zero attached hydrogens (tertiary/aromatic N) is 3. The Morgan fingerprint density at radius 3 is 2.79 bits per heavy atom. The van der Waals surface area contributed by atoms with Crippen LogP contribution >= 0.6 is 11.8 Å². The van der Waals surface area contributed by atoms with Gasteiger partial charge in [-0.15, -0.1) is 22.0 Å². The van der Waals surface area contributed by atoms with Crippen molar-refractivity contribution in [1.29, 1.82) is 0 Å². The van der Waals surface area contributed by atoms with Crippen molar-refractivity contribution in [2.24, 2.45) is 7.05 Å². The Morgan fingerprint density at radius 2 is 2.29 bits per heavy atom. The van der Waals surface area contributed by atoms with E-state index in [1.165, 1.54) is 18.6 Å². The van der Waals surface area contributed by atoms with E-state index in [2.05, 4.69) is 27.0 Å². The SMILES string of the molecule is CNc1nnc(C2(C)CCCS2)n1C. The quantitative estimate of drug-likeness (QED) is 0.808. The van der Waals surface area contributed by atoms with Crippen molar-refractivity contribution in [2.75, 3.05) is 18.1 Å². The van der Waals surface area contributed by atoms with Crippen molar-refractivity contribution in [3.8, 4) is 0 Å². The molecule has 0 bridgehead atoms. The van der Waals surface area contributed by atoms with Gasteiger partial charge in [0.15, 0.2) is 0 Å². The first kappa shape index (κ1) is 9.83. The van der Waals surface area contributed by atoms with Crippen molar-refractivity contribution in [3.05, 3.63) is 5.82 Å². The molecule has 1 aliphatic rings. The molecular weight excluding hydrogens is 196 g/mol. The third kappa shape index (κ3) is 1.39. The highest BCUT2D eigenvalue weighted by atomic mass is 32.2. The Morgan fingerprint density at radius 1 is 1.50 bits per heavy atom. The molecule has 1 aliphatic heterocycles. The smallest absolute Gasteiger partial charge is 0.224 e. The van der Waals surface area contributed by atoms with Crippen molar-refractivity contribution in [2.45, 2.75) is 24.5 Å². The average Bonchev–Trinajstić information content (AvgIpc) is 2.73. The van der Waals surface area contributed by atoms with Gasteiger partial charge in [0, 0.05) is 14.1 Å². The molecule has 1 unspecified atom stereocenters. The number of hydrogen-bond acceptors (Lipinski definition) is 4. The molecule has 0 radical (unpaired) electrons. The number of nitrogens with one attached hydrogen (secondary N) is 1. The first-order valence-corrected chi connectivity index (χ1v) is 5.87. The number of thioether (sulfide) groups is 1. The van der Waals surface area contributed by atoms with Gasteiger partial charge in [-0.25, -0.2) is 0 Å². The predicted molar refractivity (Wildman–Crippen MR) is 59.6 cm³/mol. The molecule has 5 heteroatoms. The number of hydrogen-bond donors (Lipinski definition) is 1. The highest BCUT2D eigenvalue weighted by Crippen LogP contribution is 2.45. The Kier molecular flexibility index (Phi) is 2.43. The molecule has 0 spiro atoms. The molecule has 0 aliphatic carbocycles. The molecule has 4 nitrogen and oxygen atoms in total. The maximum absolute atomic E-state index is 4.27. The Bertz CT molecular complexity index is 328. The zero-order chi connectivity index (χ0) is 10.2. The normalized spacial score (nSPS) is 26.8. The fraction of sp³-hybridized carbons (Fsp3) is 0.778. The molecule has 1 saturated heterocycles. The molecule has 0 amide bonds. The molecule has 2 rings (SSSR count). The molecular formula is C9H16N4S. The molecule has 1 N–H and O–H groups in total. The van der Waals surface area contributed by atoms with Crippen molar-refractivity contribution >= 4 is 17.7 Å². The van der Waals surface area contributed by atoms with Gasteiger partial charge in [0.25, 0.3) is 0 Å². The average molecular weight is 212 g/mol. The van der Waals surface area contributed by atoms with Crippen LogP contribution in [0.3, 0.4) is 0 Å². The van der Waals surface area contributed by atoms with Gasteiger partial charge >= 0.3 is 0 Å². The maximum Gasteiger partial charge on any atom is 0.224 e. The lowest BCUT2D eigenvalue weighted by molar-refractivity contribution is 0.578. The third-order valence-electron chi connectivity index (χ3n) is 2.79. The van der Waals surface area contributed by atoms with Crippen LogP contribution in [0, 0.1) is 0 Å². The lowest BCUT2D eigenvalue weighted by Gasteiger charge is -2.21. The van der Waals surface area contributed by atoms with Crippen LogP contribution in [0.4, 0.5) is 5.95 Å². The third-order valence-corrected chi connectivity index (χ3v) is 4.31. The molecule has 1 aromatic heterocycles. The number of aromatic nitrogens is 3. The second-order valence-electron chi connectivity index (χ2n) is 3.84. The fourth-order valence-corrected chi connectivity index (χ4v) is 3.30. The summed E-state index contributed by atoms with van der Waals surface area (Å²) in [5.41, 5.74) is 0. The van der Waals surface area contributed by atoms with E-state index in [1.807, 2.05) is 25.9 Å². The van der Waals surface area contributed by atoms with Gasteiger partial charge in [-0.3, -0.25) is 4.57 Å². The number of rotatable bonds is 2. The van der Waals surface area contributed by atoms with E-state index in [0.29, 0.717) is 0 Å². The van der Waals surface area contributed by atoms with Gasteiger partial charge in [0.05, 0.1) is 4.75 Å². The molecule has 0 aromatic carbocycles. The molecule has 78 valence electrons. The summed E-state index contributed by atoms with van der Waals surface area (Å²) in [6.45, 7) is 2.26. The van der Waals surface area contributed by atoms with Gasteiger partial charge in [0.1, 0.15) is 5.82 Å². The minimum Gasteiger partial charge on any atom is -0.357 e. The van der Waals surface area contributed by atoms with E-state index in [1.54, 1.807) is 0 Å². The maximum atomic E-state index is 4.27. The standard InChI is InChI=1S/C9H16N4S/c1-9(5-4-6-14-9)7-11-12-8(10-2)13(7)3/h4-6H2,1-3H3,(H,10,12). The second kappa shape index (κ2) is 3.46. The summed E-state index contributed by atoms with van der Waals surface area (Å²) in [4.78, 5) is 0. The first-order chi connectivity index (χ1) is 6.67. The Hall–Kier alpha value is -0.710. The fourth-order valence-electron chi connectivity index (χ4n) is 1.96. The zero-order valence-corrected chi connectivity index (χ0v) is 9.69. The lowest BCUT2D eigenvalue weighted by atomic mass is 10.1. The van der Waals surface area contributed by atoms with Gasteiger partial charge in [-0.1, -0.05) is 0 Å². The van der Waals surface area contributed by atoms with Crippen molar-refractivity contribution < 1.29 is 0 Å². The zero-order valence-electron chi connectivity index (χ0n) is 8.87. The summed E-state index contributed by atoms with van der Waals surface area (Å²) in [6.07, 6.45) is 2.48. The molecule has 2 heterocycles. The van der Waals surface area contributed by atoms with Crippen LogP contribution in [0.1, 0.15) is 25.6 Å². The minimum absolute atomic E-state index is 0.164. The van der Waals surface area contributed by atoms with E-state index in [4.69, 9.17) is 0 Å². The molecule has 14 heavy (non-hydrogen) atoms. The molecule has 1 atom stereocenters. The van der Waals surface area contributed by atoms with Crippen LogP contribution in [-0.2, 0) is 11.8 Å². The second-order valence-corrected chi connectivity index (χ2v) is 5.44. The summed E-state index contributed by atoms with van der Waals surface area (Å²) < 4.78 is 2.22. The summed E-state index contributed by atoms with van der Waals surface area (Å²) >= 11 is 1.98. The van der Waals surface area contributed by atoms with Crippen molar-refractivity contribution in [1.82, 2.24) is 14.8 Å². The predicted octanol–water partition coefficient (Wildman–Crippen LogP) is 1.60. The van der Waals surface area contributed by atoms with Crippen molar-refractivity contribution in [3.63, 3.8) is 0 Å². The Labute approximate surface area is 88.5 Å². The molecule has 1 fully saturated rings. The van der Waals surface area contributed by atoms with E-state index in [0.717, 1.165) is 11.8 Å². The van der Waals surface area contributed by atoms with E-state index in [9.17, 15) is 0 Å².